The Balaban J connectivity index is 1.68. The summed E-state index contributed by atoms with van der Waals surface area (Å²) in [5.41, 5.74) is 2.64. The zero-order chi connectivity index (χ0) is 25.0. The van der Waals surface area contributed by atoms with E-state index in [4.69, 9.17) is 25.8 Å². The van der Waals surface area contributed by atoms with Crippen LogP contribution in [0.3, 0.4) is 0 Å². The van der Waals surface area contributed by atoms with Crippen molar-refractivity contribution >= 4 is 17.6 Å². The number of carboxylic acids is 1. The number of carboxylic acid groups (broad SMARTS) is 1. The monoisotopic (exact) mass is 492 g/mol. The zero-order valence-electron chi connectivity index (χ0n) is 19.9. The van der Waals surface area contributed by atoms with Crippen molar-refractivity contribution in [2.75, 3.05) is 13.2 Å². The molecule has 0 amide bonds. The lowest BCUT2D eigenvalue weighted by molar-refractivity contribution is -0.139. The second kappa shape index (κ2) is 10.5. The van der Waals surface area contributed by atoms with Crippen LogP contribution in [0.15, 0.2) is 84.9 Å². The van der Waals surface area contributed by atoms with Gasteiger partial charge in [0.1, 0.15) is 17.2 Å². The van der Waals surface area contributed by atoms with Gasteiger partial charge in [0.05, 0.1) is 12.7 Å². The van der Waals surface area contributed by atoms with E-state index in [9.17, 15) is 9.90 Å². The summed E-state index contributed by atoms with van der Waals surface area (Å²) < 4.78 is 18.2. The number of rotatable bonds is 8. The minimum Gasteiger partial charge on any atom is -0.482 e. The van der Waals surface area contributed by atoms with Gasteiger partial charge in [0.15, 0.2) is 6.61 Å². The Kier molecular flexibility index (Phi) is 7.48. The molecule has 35 heavy (non-hydrogen) atoms. The lowest BCUT2D eigenvalue weighted by atomic mass is 9.70. The summed E-state index contributed by atoms with van der Waals surface area (Å²) in [6.07, 6.45) is 0.438. The number of hydrogen-bond acceptors (Lipinski definition) is 4. The number of carbonyl (C=O) groups is 1. The van der Waals surface area contributed by atoms with E-state index in [-0.39, 0.29) is 17.4 Å². The van der Waals surface area contributed by atoms with E-state index in [1.165, 1.54) is 0 Å². The molecular formula is C29H29ClO5. The number of benzene rings is 3. The van der Waals surface area contributed by atoms with Crippen LogP contribution in [0.25, 0.3) is 0 Å². The maximum absolute atomic E-state index is 11.2. The Morgan fingerprint density at radius 3 is 2.49 bits per heavy atom. The third kappa shape index (κ3) is 5.87. The van der Waals surface area contributed by atoms with Crippen LogP contribution in [0.4, 0.5) is 0 Å². The van der Waals surface area contributed by atoms with Crippen molar-refractivity contribution in [1.82, 2.24) is 0 Å². The van der Waals surface area contributed by atoms with E-state index >= 15 is 0 Å². The molecule has 1 aliphatic heterocycles. The van der Waals surface area contributed by atoms with Crippen LogP contribution in [0.1, 0.15) is 37.5 Å². The van der Waals surface area contributed by atoms with Crippen LogP contribution in [0, 0.1) is 5.92 Å². The van der Waals surface area contributed by atoms with Crippen molar-refractivity contribution < 1.29 is 24.1 Å². The van der Waals surface area contributed by atoms with Crippen LogP contribution < -0.4 is 9.47 Å². The molecule has 5 nitrogen and oxygen atoms in total. The maximum Gasteiger partial charge on any atom is 0.341 e. The molecule has 0 aliphatic carbocycles. The quantitative estimate of drug-likeness (QED) is 0.336. The van der Waals surface area contributed by atoms with E-state index in [0.29, 0.717) is 28.9 Å². The molecule has 0 aromatic heterocycles. The van der Waals surface area contributed by atoms with Crippen molar-refractivity contribution in [3.63, 3.8) is 0 Å². The summed E-state index contributed by atoms with van der Waals surface area (Å²) in [7, 11) is 0. The van der Waals surface area contributed by atoms with Gasteiger partial charge in [0.2, 0.25) is 0 Å². The van der Waals surface area contributed by atoms with Crippen molar-refractivity contribution in [3.8, 4) is 17.2 Å². The molecule has 182 valence electrons. The second-order valence-electron chi connectivity index (χ2n) is 9.25. The van der Waals surface area contributed by atoms with Gasteiger partial charge in [-0.25, -0.2) is 4.79 Å². The number of halogens is 1. The van der Waals surface area contributed by atoms with Gasteiger partial charge in [0.25, 0.3) is 0 Å². The summed E-state index contributed by atoms with van der Waals surface area (Å²) in [5, 5.41) is 9.87. The van der Waals surface area contributed by atoms with Crippen LogP contribution in [-0.2, 0) is 14.9 Å². The normalized spacial score (nSPS) is 21.8. The Hall–Kier alpha value is -3.28. The first-order valence-electron chi connectivity index (χ1n) is 11.5. The molecule has 1 saturated heterocycles. The SMILES string of the molecule is C=C(C)[C@@H]1C[C@](C)(c2ccc(Cl)cc2)CO[C@H]1c1cc(Oc2ccccc2)ccc1OCC(=O)O. The van der Waals surface area contributed by atoms with E-state index < -0.39 is 12.6 Å². The predicted molar refractivity (Wildman–Crippen MR) is 137 cm³/mol. The Morgan fingerprint density at radius 2 is 1.83 bits per heavy atom. The average molecular weight is 493 g/mol. The highest BCUT2D eigenvalue weighted by Gasteiger charge is 2.42. The van der Waals surface area contributed by atoms with Gasteiger partial charge >= 0.3 is 5.97 Å². The topological polar surface area (TPSA) is 65.0 Å². The molecule has 1 aliphatic rings. The van der Waals surface area contributed by atoms with E-state index in [1.807, 2.05) is 67.6 Å². The molecule has 3 aromatic rings. The van der Waals surface area contributed by atoms with Crippen LogP contribution in [0.5, 0.6) is 17.2 Å². The molecule has 1 fully saturated rings. The second-order valence-corrected chi connectivity index (χ2v) is 9.69. The highest BCUT2D eigenvalue weighted by molar-refractivity contribution is 6.30. The van der Waals surface area contributed by atoms with Gasteiger partial charge in [-0.2, -0.15) is 0 Å². The van der Waals surface area contributed by atoms with Gasteiger partial charge in [-0.05, 0) is 61.4 Å². The number of para-hydroxylation sites is 1. The van der Waals surface area contributed by atoms with Gasteiger partial charge < -0.3 is 19.3 Å². The van der Waals surface area contributed by atoms with Crippen LogP contribution in [0.2, 0.25) is 5.02 Å². The third-order valence-electron chi connectivity index (χ3n) is 6.41. The Labute approximate surface area is 210 Å². The first-order chi connectivity index (χ1) is 16.7. The first kappa shape index (κ1) is 24.8. The first-order valence-corrected chi connectivity index (χ1v) is 11.9. The summed E-state index contributed by atoms with van der Waals surface area (Å²) in [6, 6.07) is 22.7. The average Bonchev–Trinajstić information content (AvgIpc) is 2.84. The number of ether oxygens (including phenoxy) is 3. The molecule has 0 bridgehead atoms. The van der Waals surface area contributed by atoms with Gasteiger partial charge in [-0.3, -0.25) is 0 Å². The molecule has 6 heteroatoms. The summed E-state index contributed by atoms with van der Waals surface area (Å²) in [6.45, 7) is 8.46. The van der Waals surface area contributed by atoms with Gasteiger partial charge in [-0.15, -0.1) is 0 Å². The molecule has 1 heterocycles. The fourth-order valence-electron chi connectivity index (χ4n) is 4.54. The van der Waals surface area contributed by atoms with Gasteiger partial charge in [-0.1, -0.05) is 61.0 Å². The third-order valence-corrected chi connectivity index (χ3v) is 6.66. The minimum atomic E-state index is -1.04. The smallest absolute Gasteiger partial charge is 0.341 e. The van der Waals surface area contributed by atoms with Crippen LogP contribution in [-0.4, -0.2) is 24.3 Å². The Morgan fingerprint density at radius 1 is 1.11 bits per heavy atom. The maximum atomic E-state index is 11.2. The fraction of sp³-hybridized carbons (Fsp3) is 0.276. The fourth-order valence-corrected chi connectivity index (χ4v) is 4.67. The summed E-state index contributed by atoms with van der Waals surface area (Å²) in [5.74, 6) is 0.706. The molecular weight excluding hydrogens is 464 g/mol. The Bertz CT molecular complexity index is 1190. The standard InChI is InChI=1S/C29H29ClO5/c1-19(2)25-16-29(3,20-9-11-21(30)12-10-20)18-34-28(25)24-15-23(35-22-7-5-4-6-8-22)13-14-26(24)33-17-27(31)32/h4-15,25,28H,1,16-18H2,2-3H3,(H,31,32)/t25-,28-,29-/m0/s1. The highest BCUT2D eigenvalue weighted by atomic mass is 35.5. The van der Waals surface area contributed by atoms with E-state index in [0.717, 1.165) is 23.1 Å². The van der Waals surface area contributed by atoms with Crippen molar-refractivity contribution in [2.45, 2.75) is 31.8 Å². The molecule has 0 unspecified atom stereocenters. The lowest BCUT2D eigenvalue weighted by Gasteiger charge is -2.44. The lowest BCUT2D eigenvalue weighted by Crippen LogP contribution is -2.40. The molecule has 4 rings (SSSR count). The molecule has 1 N–H and O–H groups in total. The molecule has 0 saturated carbocycles. The summed E-state index contributed by atoms with van der Waals surface area (Å²) >= 11 is 6.11. The van der Waals surface area contributed by atoms with Crippen molar-refractivity contribution in [1.29, 1.82) is 0 Å². The number of hydrogen-bond donors (Lipinski definition) is 1. The molecule has 3 aromatic carbocycles. The molecule has 0 radical (unpaired) electrons. The van der Waals surface area contributed by atoms with Crippen molar-refractivity contribution in [2.24, 2.45) is 5.92 Å². The van der Waals surface area contributed by atoms with Crippen molar-refractivity contribution in [3.05, 3.63) is 101 Å². The molecule has 0 spiro atoms. The zero-order valence-corrected chi connectivity index (χ0v) is 20.6. The van der Waals surface area contributed by atoms with Crippen LogP contribution >= 0.6 is 11.6 Å². The van der Waals surface area contributed by atoms with Gasteiger partial charge in [0, 0.05) is 21.9 Å². The summed E-state index contributed by atoms with van der Waals surface area (Å²) in [4.78, 5) is 11.2. The largest absolute Gasteiger partial charge is 0.482 e. The molecule has 3 atom stereocenters. The predicted octanol–water partition coefficient (Wildman–Crippen LogP) is 7.21. The minimum absolute atomic E-state index is 0.0245. The highest BCUT2D eigenvalue weighted by Crippen LogP contribution is 2.48. The number of aliphatic carboxylic acids is 1. The van der Waals surface area contributed by atoms with E-state index in [2.05, 4.69) is 13.5 Å². The van der Waals surface area contributed by atoms with E-state index in [1.54, 1.807) is 12.1 Å².